The predicted molar refractivity (Wildman–Crippen MR) is 125 cm³/mol. The fourth-order valence-corrected chi connectivity index (χ4v) is 4.36. The molecule has 33 heavy (non-hydrogen) atoms. The second kappa shape index (κ2) is 8.50. The molecule has 0 atom stereocenters. The number of benzene rings is 2. The summed E-state index contributed by atoms with van der Waals surface area (Å²) >= 11 is 0. The van der Waals surface area contributed by atoms with Crippen molar-refractivity contribution in [2.75, 3.05) is 6.54 Å². The number of nitrogens with zero attached hydrogens (tertiary/aromatic N) is 1. The van der Waals surface area contributed by atoms with Crippen molar-refractivity contribution in [2.45, 2.75) is 50.9 Å². The highest BCUT2D eigenvalue weighted by Gasteiger charge is 2.51. The zero-order chi connectivity index (χ0) is 23.0. The summed E-state index contributed by atoms with van der Waals surface area (Å²) in [5.41, 5.74) is 4.97. The second-order valence-corrected chi connectivity index (χ2v) is 9.37. The number of aromatic nitrogens is 1. The number of carboxylic acids is 1. The van der Waals surface area contributed by atoms with Crippen LogP contribution in [0.2, 0.25) is 0 Å². The number of amides is 1. The van der Waals surface area contributed by atoms with Crippen molar-refractivity contribution in [3.8, 4) is 22.5 Å². The Morgan fingerprint density at radius 1 is 1.03 bits per heavy atom. The summed E-state index contributed by atoms with van der Waals surface area (Å²) in [5.74, 6) is 0.714. The minimum absolute atomic E-state index is 0.0723. The Morgan fingerprint density at radius 3 is 2.21 bits per heavy atom. The number of carboxylic acid groups (broad SMARTS) is 1. The number of carbonyl (C=O) groups excluding carboxylic acids is 1. The number of nitrogens with one attached hydrogen (secondary N) is 1. The summed E-state index contributed by atoms with van der Waals surface area (Å²) in [6, 6.07) is 15.9. The number of hydrogen-bond acceptors (Lipinski definition) is 4. The molecular weight excluding hydrogens is 416 g/mol. The third-order valence-electron chi connectivity index (χ3n) is 6.95. The third-order valence-corrected chi connectivity index (χ3v) is 6.95. The molecule has 2 N–H and O–H groups in total. The molecule has 2 fully saturated rings. The van der Waals surface area contributed by atoms with E-state index in [4.69, 9.17) is 4.52 Å². The Morgan fingerprint density at radius 2 is 1.64 bits per heavy atom. The normalized spacial score (nSPS) is 16.4. The molecule has 1 amide bonds. The van der Waals surface area contributed by atoms with E-state index in [1.54, 1.807) is 0 Å². The lowest BCUT2D eigenvalue weighted by molar-refractivity contribution is -0.140. The standard InChI is InChI=1S/C27H28N2O4/c1-17-23(12-13-24(30)28-16-18-2-3-18)25(33-29-17)21-6-4-19(5-7-21)20-8-10-22(11-9-20)27(14-15-27)26(31)32/h4-11,18H,2-3,12-16H2,1H3,(H,28,30)(H,31,32). The predicted octanol–water partition coefficient (Wildman–Crippen LogP) is 4.89. The molecule has 2 saturated carbocycles. The van der Waals surface area contributed by atoms with E-state index in [2.05, 4.69) is 10.5 Å². The molecule has 0 spiro atoms. The van der Waals surface area contributed by atoms with Gasteiger partial charge in [-0.15, -0.1) is 0 Å². The van der Waals surface area contributed by atoms with Crippen LogP contribution in [0.25, 0.3) is 22.5 Å². The van der Waals surface area contributed by atoms with Crippen LogP contribution in [-0.4, -0.2) is 28.7 Å². The SMILES string of the molecule is Cc1noc(-c2ccc(-c3ccc(C4(C(=O)O)CC4)cc3)cc2)c1CCC(=O)NCC1CC1. The van der Waals surface area contributed by atoms with E-state index < -0.39 is 11.4 Å². The zero-order valence-electron chi connectivity index (χ0n) is 18.8. The molecule has 6 heteroatoms. The zero-order valence-corrected chi connectivity index (χ0v) is 18.8. The topological polar surface area (TPSA) is 92.4 Å². The lowest BCUT2D eigenvalue weighted by atomic mass is 9.93. The molecule has 0 bridgehead atoms. The van der Waals surface area contributed by atoms with Gasteiger partial charge in [-0.25, -0.2) is 0 Å². The van der Waals surface area contributed by atoms with Crippen molar-refractivity contribution >= 4 is 11.9 Å². The number of aliphatic carboxylic acids is 1. The van der Waals surface area contributed by atoms with E-state index in [-0.39, 0.29) is 5.91 Å². The van der Waals surface area contributed by atoms with E-state index in [9.17, 15) is 14.7 Å². The summed E-state index contributed by atoms with van der Waals surface area (Å²) in [4.78, 5) is 23.7. The number of hydrogen-bond donors (Lipinski definition) is 2. The number of rotatable bonds is 9. The van der Waals surface area contributed by atoms with Crippen LogP contribution < -0.4 is 5.32 Å². The number of carbonyl (C=O) groups is 2. The molecule has 170 valence electrons. The Bertz CT molecular complexity index is 1170. The lowest BCUT2D eigenvalue weighted by Gasteiger charge is -2.11. The maximum Gasteiger partial charge on any atom is 0.314 e. The monoisotopic (exact) mass is 444 g/mol. The summed E-state index contributed by atoms with van der Waals surface area (Å²) in [7, 11) is 0. The van der Waals surface area contributed by atoms with Crippen LogP contribution in [0.1, 0.15) is 48.9 Å². The lowest BCUT2D eigenvalue weighted by Crippen LogP contribution is -2.25. The van der Waals surface area contributed by atoms with Crippen molar-refractivity contribution in [2.24, 2.45) is 5.92 Å². The van der Waals surface area contributed by atoms with E-state index in [1.165, 1.54) is 12.8 Å². The van der Waals surface area contributed by atoms with Gasteiger partial charge in [0.25, 0.3) is 0 Å². The van der Waals surface area contributed by atoms with Crippen molar-refractivity contribution in [3.05, 3.63) is 65.4 Å². The first-order valence-corrected chi connectivity index (χ1v) is 11.6. The summed E-state index contributed by atoms with van der Waals surface area (Å²) in [6.07, 6.45) is 4.87. The van der Waals surface area contributed by atoms with E-state index in [1.807, 2.05) is 55.5 Å². The van der Waals surface area contributed by atoms with Gasteiger partial charge in [-0.2, -0.15) is 0 Å². The van der Waals surface area contributed by atoms with Gasteiger partial charge in [0.15, 0.2) is 5.76 Å². The maximum absolute atomic E-state index is 12.2. The molecule has 2 aliphatic carbocycles. The first-order valence-electron chi connectivity index (χ1n) is 11.6. The van der Waals surface area contributed by atoms with Gasteiger partial charge >= 0.3 is 5.97 Å². The van der Waals surface area contributed by atoms with Crippen LogP contribution in [0.3, 0.4) is 0 Å². The molecule has 1 aromatic heterocycles. The Balaban J connectivity index is 1.28. The molecule has 0 unspecified atom stereocenters. The fraction of sp³-hybridized carbons (Fsp3) is 0.370. The Hall–Kier alpha value is -3.41. The van der Waals surface area contributed by atoms with Gasteiger partial charge in [0.2, 0.25) is 5.91 Å². The first kappa shape index (κ1) is 21.4. The average molecular weight is 445 g/mol. The summed E-state index contributed by atoms with van der Waals surface area (Å²) in [5, 5.41) is 16.6. The largest absolute Gasteiger partial charge is 0.481 e. The van der Waals surface area contributed by atoms with Crippen LogP contribution in [0, 0.1) is 12.8 Å². The van der Waals surface area contributed by atoms with E-state index in [0.717, 1.165) is 40.1 Å². The Kier molecular flexibility index (Phi) is 5.52. The highest BCUT2D eigenvalue weighted by molar-refractivity contribution is 5.85. The highest BCUT2D eigenvalue weighted by atomic mass is 16.5. The summed E-state index contributed by atoms with van der Waals surface area (Å²) < 4.78 is 5.61. The molecule has 0 aliphatic heterocycles. The van der Waals surface area contributed by atoms with Gasteiger partial charge in [0.05, 0.1) is 11.1 Å². The van der Waals surface area contributed by atoms with Gasteiger partial charge in [-0.1, -0.05) is 53.7 Å². The highest BCUT2D eigenvalue weighted by Crippen LogP contribution is 2.48. The first-order chi connectivity index (χ1) is 16.0. The van der Waals surface area contributed by atoms with Crippen LogP contribution in [0.15, 0.2) is 53.1 Å². The van der Waals surface area contributed by atoms with Crippen molar-refractivity contribution in [3.63, 3.8) is 0 Å². The van der Waals surface area contributed by atoms with Gasteiger partial charge in [-0.05, 0) is 61.6 Å². The van der Waals surface area contributed by atoms with Crippen LogP contribution in [0.5, 0.6) is 0 Å². The minimum atomic E-state index is -0.738. The number of aryl methyl sites for hydroxylation is 1. The molecule has 5 rings (SSSR count). The second-order valence-electron chi connectivity index (χ2n) is 9.37. The van der Waals surface area contributed by atoms with E-state index >= 15 is 0 Å². The molecule has 1 heterocycles. The van der Waals surface area contributed by atoms with Gasteiger partial charge in [0, 0.05) is 24.1 Å². The molecule has 0 radical (unpaired) electrons. The average Bonchev–Trinajstić information content (AvgIpc) is 3.75. The smallest absolute Gasteiger partial charge is 0.314 e. The maximum atomic E-state index is 12.2. The quantitative estimate of drug-likeness (QED) is 0.490. The third kappa shape index (κ3) is 4.42. The summed E-state index contributed by atoms with van der Waals surface area (Å²) in [6.45, 7) is 2.69. The van der Waals surface area contributed by atoms with E-state index in [0.29, 0.717) is 37.4 Å². The van der Waals surface area contributed by atoms with Crippen LogP contribution in [-0.2, 0) is 21.4 Å². The van der Waals surface area contributed by atoms with Crippen LogP contribution in [0.4, 0.5) is 0 Å². The van der Waals surface area contributed by atoms with Gasteiger partial charge < -0.3 is 14.9 Å². The van der Waals surface area contributed by atoms with Crippen molar-refractivity contribution in [1.29, 1.82) is 0 Å². The van der Waals surface area contributed by atoms with Crippen molar-refractivity contribution in [1.82, 2.24) is 10.5 Å². The molecule has 0 saturated heterocycles. The molecule has 6 nitrogen and oxygen atoms in total. The molecular formula is C27H28N2O4. The molecule has 3 aromatic rings. The van der Waals surface area contributed by atoms with Crippen molar-refractivity contribution < 1.29 is 19.2 Å². The van der Waals surface area contributed by atoms with Gasteiger partial charge in [-0.3, -0.25) is 9.59 Å². The van der Waals surface area contributed by atoms with Crippen LogP contribution >= 0.6 is 0 Å². The molecule has 2 aliphatic rings. The van der Waals surface area contributed by atoms with Gasteiger partial charge in [0.1, 0.15) is 0 Å². The Labute approximate surface area is 193 Å². The fourth-order valence-electron chi connectivity index (χ4n) is 4.36. The molecule has 2 aromatic carbocycles. The minimum Gasteiger partial charge on any atom is -0.481 e.